The molecule has 0 unspecified atom stereocenters. The first-order valence-electron chi connectivity index (χ1n) is 8.49. The number of benzene rings is 3. The van der Waals surface area contributed by atoms with Gasteiger partial charge in [-0.25, -0.2) is 0 Å². The normalized spacial score (nSPS) is 10.6. The molecule has 1 nitrogen and oxygen atoms in total. The van der Waals surface area contributed by atoms with E-state index in [1.54, 1.807) is 0 Å². The fourth-order valence-electron chi connectivity index (χ4n) is 3.28. The molecular weight excluding hydrogens is 302 g/mol. The van der Waals surface area contributed by atoms with Gasteiger partial charge in [0.15, 0.2) is 0 Å². The summed E-state index contributed by atoms with van der Waals surface area (Å²) in [5.41, 5.74) is 8.76. The average Bonchev–Trinajstić information content (AvgIpc) is 2.69. The highest BCUT2D eigenvalue weighted by Gasteiger charge is 2.10. The van der Waals surface area contributed by atoms with Crippen LogP contribution in [0.15, 0.2) is 97.3 Å². The zero-order chi connectivity index (χ0) is 17.1. The monoisotopic (exact) mass is 321 g/mol. The van der Waals surface area contributed by atoms with Crippen molar-refractivity contribution in [3.05, 3.63) is 103 Å². The summed E-state index contributed by atoms with van der Waals surface area (Å²) in [5.74, 6) is 0. The second-order valence-electron chi connectivity index (χ2n) is 6.18. The number of aromatic nitrogens is 1. The molecule has 0 radical (unpaired) electrons. The highest BCUT2D eigenvalue weighted by molar-refractivity contribution is 5.86. The Hall–Kier alpha value is -3.19. The minimum absolute atomic E-state index is 1.19. The molecule has 4 rings (SSSR count). The van der Waals surface area contributed by atoms with Gasteiger partial charge in [0, 0.05) is 12.4 Å². The summed E-state index contributed by atoms with van der Waals surface area (Å²) in [6.45, 7) is 2.18. The summed E-state index contributed by atoms with van der Waals surface area (Å²) in [6.07, 6.45) is 3.66. The van der Waals surface area contributed by atoms with Crippen molar-refractivity contribution in [1.29, 1.82) is 0 Å². The SMILES string of the molecule is Cc1cccc(-c2ccc(-c3ccncc3)cc2)c1-c1ccccc1. The lowest BCUT2D eigenvalue weighted by atomic mass is 9.90. The smallest absolute Gasteiger partial charge is 0.0273 e. The van der Waals surface area contributed by atoms with Gasteiger partial charge in [0.2, 0.25) is 0 Å². The molecule has 0 spiro atoms. The minimum atomic E-state index is 1.19. The largest absolute Gasteiger partial charge is 0.265 e. The van der Waals surface area contributed by atoms with E-state index in [2.05, 4.69) is 84.7 Å². The predicted molar refractivity (Wildman–Crippen MR) is 105 cm³/mol. The van der Waals surface area contributed by atoms with Gasteiger partial charge in [-0.15, -0.1) is 0 Å². The van der Waals surface area contributed by atoms with Crippen LogP contribution >= 0.6 is 0 Å². The summed E-state index contributed by atoms with van der Waals surface area (Å²) in [5, 5.41) is 0. The van der Waals surface area contributed by atoms with Crippen LogP contribution in [0.4, 0.5) is 0 Å². The van der Waals surface area contributed by atoms with E-state index in [1.807, 2.05) is 24.5 Å². The van der Waals surface area contributed by atoms with Crippen molar-refractivity contribution in [2.45, 2.75) is 6.92 Å². The number of aryl methyl sites for hydroxylation is 1. The first-order chi connectivity index (χ1) is 12.3. The van der Waals surface area contributed by atoms with Crippen LogP contribution in [-0.2, 0) is 0 Å². The van der Waals surface area contributed by atoms with E-state index in [9.17, 15) is 0 Å². The molecule has 0 atom stereocenters. The lowest BCUT2D eigenvalue weighted by Gasteiger charge is -2.14. The van der Waals surface area contributed by atoms with E-state index >= 15 is 0 Å². The summed E-state index contributed by atoms with van der Waals surface area (Å²) in [7, 11) is 0. The number of rotatable bonds is 3. The maximum Gasteiger partial charge on any atom is 0.0273 e. The fourth-order valence-corrected chi connectivity index (χ4v) is 3.28. The zero-order valence-electron chi connectivity index (χ0n) is 14.2. The number of hydrogen-bond acceptors (Lipinski definition) is 1. The molecular formula is C24H19N. The number of pyridine rings is 1. The van der Waals surface area contributed by atoms with Gasteiger partial charge in [0.05, 0.1) is 0 Å². The summed E-state index contributed by atoms with van der Waals surface area (Å²) in [6, 6.07) is 30.0. The van der Waals surface area contributed by atoms with Gasteiger partial charge in [0.25, 0.3) is 0 Å². The Labute approximate surface area is 148 Å². The Balaban J connectivity index is 1.80. The third kappa shape index (κ3) is 3.09. The zero-order valence-corrected chi connectivity index (χ0v) is 14.2. The van der Waals surface area contributed by atoms with Crippen molar-refractivity contribution in [1.82, 2.24) is 4.98 Å². The first kappa shape index (κ1) is 15.3. The van der Waals surface area contributed by atoms with Crippen molar-refractivity contribution < 1.29 is 0 Å². The Bertz CT molecular complexity index is 971. The van der Waals surface area contributed by atoms with Crippen LogP contribution in [0, 0.1) is 6.92 Å². The van der Waals surface area contributed by atoms with Crippen LogP contribution in [0.3, 0.4) is 0 Å². The average molecular weight is 321 g/mol. The lowest BCUT2D eigenvalue weighted by molar-refractivity contribution is 1.33. The van der Waals surface area contributed by atoms with Crippen molar-refractivity contribution >= 4 is 0 Å². The predicted octanol–water partition coefficient (Wildman–Crippen LogP) is 6.39. The van der Waals surface area contributed by atoms with Crippen LogP contribution < -0.4 is 0 Å². The van der Waals surface area contributed by atoms with E-state index in [4.69, 9.17) is 0 Å². The van der Waals surface area contributed by atoms with E-state index < -0.39 is 0 Å². The molecule has 3 aromatic carbocycles. The topological polar surface area (TPSA) is 12.9 Å². The highest BCUT2D eigenvalue weighted by atomic mass is 14.6. The lowest BCUT2D eigenvalue weighted by Crippen LogP contribution is -1.89. The van der Waals surface area contributed by atoms with Gasteiger partial charge in [-0.2, -0.15) is 0 Å². The summed E-state index contributed by atoms with van der Waals surface area (Å²) >= 11 is 0. The molecule has 0 N–H and O–H groups in total. The molecule has 0 bridgehead atoms. The van der Waals surface area contributed by atoms with Crippen molar-refractivity contribution in [3.63, 3.8) is 0 Å². The van der Waals surface area contributed by atoms with Crippen molar-refractivity contribution in [3.8, 4) is 33.4 Å². The molecule has 0 fully saturated rings. The maximum atomic E-state index is 4.09. The van der Waals surface area contributed by atoms with E-state index in [-0.39, 0.29) is 0 Å². The van der Waals surface area contributed by atoms with Crippen LogP contribution in [-0.4, -0.2) is 4.98 Å². The van der Waals surface area contributed by atoms with Gasteiger partial charge in [0.1, 0.15) is 0 Å². The summed E-state index contributed by atoms with van der Waals surface area (Å²) in [4.78, 5) is 4.09. The quantitative estimate of drug-likeness (QED) is 0.426. The second-order valence-corrected chi connectivity index (χ2v) is 6.18. The standard InChI is InChI=1S/C24H19N/c1-18-6-5-9-23(24(18)22-7-3-2-4-8-22)21-12-10-19(11-13-21)20-14-16-25-17-15-20/h2-17H,1H3. The van der Waals surface area contributed by atoms with E-state index in [0.29, 0.717) is 0 Å². The third-order valence-corrected chi connectivity index (χ3v) is 4.54. The highest BCUT2D eigenvalue weighted by Crippen LogP contribution is 2.35. The van der Waals surface area contributed by atoms with Gasteiger partial charge < -0.3 is 0 Å². The Morgan fingerprint density at radius 2 is 1.16 bits per heavy atom. The molecule has 4 aromatic rings. The third-order valence-electron chi connectivity index (χ3n) is 4.54. The van der Waals surface area contributed by atoms with Gasteiger partial charge in [-0.3, -0.25) is 4.98 Å². The molecule has 1 heterocycles. The molecule has 0 amide bonds. The molecule has 0 saturated carbocycles. The second kappa shape index (κ2) is 6.74. The first-order valence-corrected chi connectivity index (χ1v) is 8.49. The fraction of sp³-hybridized carbons (Fsp3) is 0.0417. The molecule has 0 aliphatic carbocycles. The molecule has 1 heteroatoms. The van der Waals surface area contributed by atoms with Gasteiger partial charge >= 0.3 is 0 Å². The van der Waals surface area contributed by atoms with Crippen molar-refractivity contribution in [2.75, 3.05) is 0 Å². The minimum Gasteiger partial charge on any atom is -0.265 e. The van der Waals surface area contributed by atoms with Crippen LogP contribution in [0.1, 0.15) is 5.56 Å². The van der Waals surface area contributed by atoms with E-state index in [0.717, 1.165) is 0 Å². The van der Waals surface area contributed by atoms with Gasteiger partial charge in [-0.05, 0) is 58.0 Å². The molecule has 0 saturated heterocycles. The van der Waals surface area contributed by atoms with Gasteiger partial charge in [-0.1, -0.05) is 72.8 Å². The molecule has 0 aliphatic heterocycles. The van der Waals surface area contributed by atoms with Crippen molar-refractivity contribution in [2.24, 2.45) is 0 Å². The maximum absolute atomic E-state index is 4.09. The summed E-state index contributed by atoms with van der Waals surface area (Å²) < 4.78 is 0. The van der Waals surface area contributed by atoms with E-state index in [1.165, 1.54) is 38.9 Å². The number of nitrogens with zero attached hydrogens (tertiary/aromatic N) is 1. The Morgan fingerprint density at radius 1 is 0.520 bits per heavy atom. The molecule has 1 aromatic heterocycles. The molecule has 120 valence electrons. The Morgan fingerprint density at radius 3 is 1.88 bits per heavy atom. The molecule has 0 aliphatic rings. The van der Waals surface area contributed by atoms with Crippen LogP contribution in [0.2, 0.25) is 0 Å². The van der Waals surface area contributed by atoms with Crippen LogP contribution in [0.25, 0.3) is 33.4 Å². The number of hydrogen-bond donors (Lipinski definition) is 0. The van der Waals surface area contributed by atoms with Crippen LogP contribution in [0.5, 0.6) is 0 Å². The Kier molecular flexibility index (Phi) is 4.14. The molecule has 25 heavy (non-hydrogen) atoms.